The van der Waals surface area contributed by atoms with Gasteiger partial charge in [-0.05, 0) is 30.5 Å². The molecule has 1 aromatic carbocycles. The molecule has 3 N–H and O–H groups in total. The summed E-state index contributed by atoms with van der Waals surface area (Å²) in [5.74, 6) is -2.00. The first kappa shape index (κ1) is 22.0. The summed E-state index contributed by atoms with van der Waals surface area (Å²) in [5.41, 5.74) is 0.556. The highest BCUT2D eigenvalue weighted by Gasteiger charge is 2.22. The number of ether oxygens (including phenoxy) is 2. The van der Waals surface area contributed by atoms with Crippen LogP contribution in [0.1, 0.15) is 31.7 Å². The third-order valence-corrected chi connectivity index (χ3v) is 3.61. The first-order chi connectivity index (χ1) is 12.9. The number of hydrogen-bond donors (Lipinski definition) is 3. The zero-order valence-corrected chi connectivity index (χ0v) is 15.3. The monoisotopic (exact) mass is 379 g/mol. The molecule has 0 heterocycles. The van der Waals surface area contributed by atoms with Crippen molar-refractivity contribution in [3.63, 3.8) is 0 Å². The van der Waals surface area contributed by atoms with Crippen molar-refractivity contribution >= 4 is 17.8 Å². The van der Waals surface area contributed by atoms with E-state index in [2.05, 4.69) is 11.9 Å². The summed E-state index contributed by atoms with van der Waals surface area (Å²) in [6, 6.07) is 3.25. The van der Waals surface area contributed by atoms with Gasteiger partial charge in [0.2, 0.25) is 5.91 Å². The first-order valence-electron chi connectivity index (χ1n) is 8.63. The topological polar surface area (TPSA) is 122 Å². The molecule has 27 heavy (non-hydrogen) atoms. The molecule has 0 aliphatic carbocycles. The molecule has 0 aliphatic heterocycles. The molecule has 0 saturated carbocycles. The molecule has 0 saturated heterocycles. The van der Waals surface area contributed by atoms with Gasteiger partial charge < -0.3 is 25.0 Å². The van der Waals surface area contributed by atoms with E-state index in [0.717, 1.165) is 6.08 Å². The number of esters is 2. The molecule has 0 radical (unpaired) electrons. The quantitative estimate of drug-likeness (QED) is 0.231. The van der Waals surface area contributed by atoms with Crippen LogP contribution >= 0.6 is 0 Å². The number of carbonyl (C=O) groups is 3. The standard InChI is InChI=1S/C19H25NO7/c1-3-17(23)20-14(11-13-7-8-15(21)16(22)12-13)19(25)27-10-6-5-9-26-18(24)4-2/h4,7-8,12,14,21-22H,2-3,5-6,9-11H2,1H3,(H,20,23). The number of carbonyl (C=O) groups excluding carboxylic acids is 3. The van der Waals surface area contributed by atoms with Gasteiger partial charge in [-0.3, -0.25) is 4.79 Å². The van der Waals surface area contributed by atoms with Crippen molar-refractivity contribution in [1.82, 2.24) is 5.32 Å². The number of phenolic OH excluding ortho intramolecular Hbond substituents is 2. The van der Waals surface area contributed by atoms with E-state index in [1.807, 2.05) is 0 Å². The summed E-state index contributed by atoms with van der Waals surface area (Å²) in [6.07, 6.45) is 2.39. The normalized spacial score (nSPS) is 11.3. The van der Waals surface area contributed by atoms with Gasteiger partial charge in [0.1, 0.15) is 6.04 Å². The fraction of sp³-hybridized carbons (Fsp3) is 0.421. The second kappa shape index (κ2) is 11.6. The number of unbranched alkanes of at least 4 members (excludes halogenated alkanes) is 1. The van der Waals surface area contributed by atoms with Crippen molar-refractivity contribution in [3.05, 3.63) is 36.4 Å². The van der Waals surface area contributed by atoms with Gasteiger partial charge in [0.05, 0.1) is 13.2 Å². The molecular weight excluding hydrogens is 354 g/mol. The van der Waals surface area contributed by atoms with Crippen LogP contribution < -0.4 is 5.32 Å². The molecule has 1 aromatic rings. The second-order valence-corrected chi connectivity index (χ2v) is 5.75. The zero-order chi connectivity index (χ0) is 20.2. The Kier molecular flexibility index (Phi) is 9.42. The number of phenols is 2. The minimum absolute atomic E-state index is 0.107. The molecular formula is C19H25NO7. The SMILES string of the molecule is C=CC(=O)OCCCCOC(=O)C(Cc1ccc(O)c(O)c1)NC(=O)CC. The van der Waals surface area contributed by atoms with E-state index in [0.29, 0.717) is 18.4 Å². The van der Waals surface area contributed by atoms with E-state index in [9.17, 15) is 24.6 Å². The number of nitrogens with one attached hydrogen (secondary N) is 1. The Labute approximate surface area is 157 Å². The lowest BCUT2D eigenvalue weighted by atomic mass is 10.0. The van der Waals surface area contributed by atoms with Crippen molar-refractivity contribution in [2.45, 2.75) is 38.6 Å². The van der Waals surface area contributed by atoms with Gasteiger partial charge in [-0.1, -0.05) is 19.6 Å². The molecule has 0 fully saturated rings. The maximum Gasteiger partial charge on any atom is 0.330 e. The highest BCUT2D eigenvalue weighted by Crippen LogP contribution is 2.25. The highest BCUT2D eigenvalue weighted by molar-refractivity contribution is 5.84. The average molecular weight is 379 g/mol. The third-order valence-electron chi connectivity index (χ3n) is 3.61. The van der Waals surface area contributed by atoms with Crippen molar-refractivity contribution in [2.24, 2.45) is 0 Å². The van der Waals surface area contributed by atoms with Crippen molar-refractivity contribution in [2.75, 3.05) is 13.2 Å². The van der Waals surface area contributed by atoms with Crippen molar-refractivity contribution < 1.29 is 34.1 Å². The summed E-state index contributed by atoms with van der Waals surface area (Å²) in [4.78, 5) is 34.9. The van der Waals surface area contributed by atoms with Crippen LogP contribution in [-0.4, -0.2) is 47.3 Å². The van der Waals surface area contributed by atoms with Gasteiger partial charge in [0.25, 0.3) is 0 Å². The molecule has 148 valence electrons. The molecule has 8 heteroatoms. The summed E-state index contributed by atoms with van der Waals surface area (Å²) >= 11 is 0. The maximum absolute atomic E-state index is 12.3. The molecule has 1 amide bonds. The Bertz CT molecular complexity index is 672. The maximum atomic E-state index is 12.3. The predicted molar refractivity (Wildman–Crippen MR) is 97.0 cm³/mol. The average Bonchev–Trinajstić information content (AvgIpc) is 2.66. The van der Waals surface area contributed by atoms with E-state index in [1.165, 1.54) is 12.1 Å². The number of aromatic hydroxyl groups is 2. The fourth-order valence-corrected chi connectivity index (χ4v) is 2.13. The lowest BCUT2D eigenvalue weighted by Crippen LogP contribution is -2.43. The van der Waals surface area contributed by atoms with Gasteiger partial charge in [-0.2, -0.15) is 0 Å². The molecule has 0 aromatic heterocycles. The van der Waals surface area contributed by atoms with Gasteiger partial charge >= 0.3 is 11.9 Å². The lowest BCUT2D eigenvalue weighted by Gasteiger charge is -2.18. The smallest absolute Gasteiger partial charge is 0.330 e. The largest absolute Gasteiger partial charge is 0.504 e. The van der Waals surface area contributed by atoms with E-state index in [4.69, 9.17) is 9.47 Å². The molecule has 1 atom stereocenters. The Morgan fingerprint density at radius 1 is 1.15 bits per heavy atom. The van der Waals surface area contributed by atoms with Crippen LogP contribution in [0.5, 0.6) is 11.5 Å². The predicted octanol–water partition coefficient (Wildman–Crippen LogP) is 1.59. The van der Waals surface area contributed by atoms with Crippen LogP contribution in [0.2, 0.25) is 0 Å². The second-order valence-electron chi connectivity index (χ2n) is 5.75. The van der Waals surface area contributed by atoms with E-state index < -0.39 is 18.0 Å². The first-order valence-corrected chi connectivity index (χ1v) is 8.63. The van der Waals surface area contributed by atoms with Gasteiger partial charge in [0, 0.05) is 18.9 Å². The van der Waals surface area contributed by atoms with E-state index >= 15 is 0 Å². The van der Waals surface area contributed by atoms with Gasteiger partial charge in [-0.15, -0.1) is 0 Å². The van der Waals surface area contributed by atoms with E-state index in [1.54, 1.807) is 13.0 Å². The molecule has 0 aliphatic rings. The molecule has 1 unspecified atom stereocenters. The molecule has 0 bridgehead atoms. The Morgan fingerprint density at radius 2 is 1.81 bits per heavy atom. The number of amides is 1. The molecule has 8 nitrogen and oxygen atoms in total. The Morgan fingerprint density at radius 3 is 2.41 bits per heavy atom. The third kappa shape index (κ3) is 8.26. The number of hydrogen-bond acceptors (Lipinski definition) is 7. The van der Waals surface area contributed by atoms with Crippen LogP contribution in [0.3, 0.4) is 0 Å². The minimum Gasteiger partial charge on any atom is -0.504 e. The molecule has 1 rings (SSSR count). The van der Waals surface area contributed by atoms with Crippen molar-refractivity contribution in [3.8, 4) is 11.5 Å². The van der Waals surface area contributed by atoms with Crippen molar-refractivity contribution in [1.29, 1.82) is 0 Å². The van der Waals surface area contributed by atoms with Gasteiger partial charge in [0.15, 0.2) is 11.5 Å². The summed E-state index contributed by atoms with van der Waals surface area (Å²) in [5, 5.41) is 21.5. The summed E-state index contributed by atoms with van der Waals surface area (Å²) in [6.45, 7) is 5.26. The summed E-state index contributed by atoms with van der Waals surface area (Å²) < 4.78 is 10.00. The van der Waals surface area contributed by atoms with Crippen LogP contribution in [0.25, 0.3) is 0 Å². The highest BCUT2D eigenvalue weighted by atomic mass is 16.5. The van der Waals surface area contributed by atoms with Crippen LogP contribution in [0, 0.1) is 0 Å². The Hall–Kier alpha value is -3.03. The van der Waals surface area contributed by atoms with Crippen LogP contribution in [-0.2, 0) is 30.3 Å². The Balaban J connectivity index is 2.55. The fourth-order valence-electron chi connectivity index (χ4n) is 2.13. The zero-order valence-electron chi connectivity index (χ0n) is 15.3. The minimum atomic E-state index is -0.917. The van der Waals surface area contributed by atoms with E-state index in [-0.39, 0.29) is 43.5 Å². The van der Waals surface area contributed by atoms with Gasteiger partial charge in [-0.25, -0.2) is 9.59 Å². The number of rotatable bonds is 11. The van der Waals surface area contributed by atoms with Crippen LogP contribution in [0.4, 0.5) is 0 Å². The number of benzene rings is 1. The van der Waals surface area contributed by atoms with Crippen LogP contribution in [0.15, 0.2) is 30.9 Å². The summed E-state index contributed by atoms with van der Waals surface area (Å²) in [7, 11) is 0. The lowest BCUT2D eigenvalue weighted by molar-refractivity contribution is -0.148. The molecule has 0 spiro atoms.